The Hall–Kier alpha value is -0.970. The number of ether oxygens (including phenoxy) is 3. The van der Waals surface area contributed by atoms with Gasteiger partial charge in [-0.2, -0.15) is 0 Å². The van der Waals surface area contributed by atoms with Crippen molar-refractivity contribution in [1.29, 1.82) is 0 Å². The number of halogens is 1. The number of nitrogens with one attached hydrogen (secondary N) is 1. The maximum atomic E-state index is 6.32. The van der Waals surface area contributed by atoms with Gasteiger partial charge >= 0.3 is 0 Å². The SMILES string of the molecule is CCCOc1cc(Cl)c(CNCCCOC(C)C)cc1OC. The van der Waals surface area contributed by atoms with Gasteiger partial charge < -0.3 is 19.5 Å². The average molecular weight is 330 g/mol. The lowest BCUT2D eigenvalue weighted by Gasteiger charge is -2.14. The third-order valence-corrected chi connectivity index (χ3v) is 3.41. The summed E-state index contributed by atoms with van der Waals surface area (Å²) in [4.78, 5) is 0. The van der Waals surface area contributed by atoms with E-state index in [1.54, 1.807) is 7.11 Å². The third kappa shape index (κ3) is 6.86. The summed E-state index contributed by atoms with van der Waals surface area (Å²) >= 11 is 6.32. The monoisotopic (exact) mass is 329 g/mol. The number of hydrogen-bond acceptors (Lipinski definition) is 4. The Morgan fingerprint density at radius 1 is 1.18 bits per heavy atom. The first-order valence-corrected chi connectivity index (χ1v) is 8.27. The predicted octanol–water partition coefficient (Wildman–Crippen LogP) is 4.04. The van der Waals surface area contributed by atoms with Crippen molar-refractivity contribution in [2.45, 2.75) is 46.3 Å². The standard InChI is InChI=1S/C17H28ClNO3/c1-5-8-22-17-11-15(18)14(10-16(17)20-4)12-19-7-6-9-21-13(2)3/h10-11,13,19H,5-9,12H2,1-4H3. The van der Waals surface area contributed by atoms with Crippen LogP contribution in [0.25, 0.3) is 0 Å². The Labute approximate surface area is 139 Å². The van der Waals surface area contributed by atoms with Crippen LogP contribution in [0, 0.1) is 0 Å². The normalized spacial score (nSPS) is 11.0. The van der Waals surface area contributed by atoms with Gasteiger partial charge in [-0.05, 0) is 44.9 Å². The van der Waals surface area contributed by atoms with Crippen molar-refractivity contribution in [1.82, 2.24) is 5.32 Å². The zero-order valence-electron chi connectivity index (χ0n) is 14.1. The number of benzene rings is 1. The van der Waals surface area contributed by atoms with Gasteiger partial charge in [-0.25, -0.2) is 0 Å². The number of hydrogen-bond donors (Lipinski definition) is 1. The predicted molar refractivity (Wildman–Crippen MR) is 91.2 cm³/mol. The molecule has 126 valence electrons. The molecule has 0 aliphatic rings. The highest BCUT2D eigenvalue weighted by atomic mass is 35.5. The molecule has 0 saturated heterocycles. The Morgan fingerprint density at radius 2 is 1.95 bits per heavy atom. The summed E-state index contributed by atoms with van der Waals surface area (Å²) in [6.07, 6.45) is 2.21. The minimum Gasteiger partial charge on any atom is -0.493 e. The first kappa shape index (κ1) is 19.1. The molecule has 0 unspecified atom stereocenters. The third-order valence-electron chi connectivity index (χ3n) is 3.06. The van der Waals surface area contributed by atoms with Gasteiger partial charge in [0.05, 0.1) is 19.8 Å². The van der Waals surface area contributed by atoms with Crippen molar-refractivity contribution < 1.29 is 14.2 Å². The fourth-order valence-electron chi connectivity index (χ4n) is 1.94. The second-order valence-corrected chi connectivity index (χ2v) is 5.80. The zero-order valence-corrected chi connectivity index (χ0v) is 14.8. The van der Waals surface area contributed by atoms with E-state index < -0.39 is 0 Å². The second kappa shape index (κ2) is 10.7. The highest BCUT2D eigenvalue weighted by molar-refractivity contribution is 6.31. The smallest absolute Gasteiger partial charge is 0.162 e. The van der Waals surface area contributed by atoms with Crippen molar-refractivity contribution in [3.05, 3.63) is 22.7 Å². The first-order chi connectivity index (χ1) is 10.6. The average Bonchev–Trinajstić information content (AvgIpc) is 2.49. The lowest BCUT2D eigenvalue weighted by atomic mass is 10.2. The molecule has 0 atom stereocenters. The molecule has 0 amide bonds. The summed E-state index contributed by atoms with van der Waals surface area (Å²) in [7, 11) is 1.64. The minimum absolute atomic E-state index is 0.286. The Kier molecular flexibility index (Phi) is 9.28. The molecule has 0 bridgehead atoms. The molecule has 1 N–H and O–H groups in total. The van der Waals surface area contributed by atoms with Gasteiger partial charge in [0.25, 0.3) is 0 Å². The molecule has 5 heteroatoms. The topological polar surface area (TPSA) is 39.7 Å². The molecule has 0 radical (unpaired) electrons. The van der Waals surface area contributed by atoms with Gasteiger partial charge in [0.1, 0.15) is 0 Å². The molecule has 22 heavy (non-hydrogen) atoms. The fraction of sp³-hybridized carbons (Fsp3) is 0.647. The summed E-state index contributed by atoms with van der Waals surface area (Å²) in [6, 6.07) is 3.76. The molecule has 0 aliphatic heterocycles. The van der Waals surface area contributed by atoms with Gasteiger partial charge in [0.2, 0.25) is 0 Å². The minimum atomic E-state index is 0.286. The van der Waals surface area contributed by atoms with E-state index >= 15 is 0 Å². The van der Waals surface area contributed by atoms with Crippen LogP contribution in [0.3, 0.4) is 0 Å². The first-order valence-electron chi connectivity index (χ1n) is 7.90. The Bertz CT molecular complexity index is 438. The lowest BCUT2D eigenvalue weighted by molar-refractivity contribution is 0.0770. The van der Waals surface area contributed by atoms with Crippen LogP contribution in [0.15, 0.2) is 12.1 Å². The summed E-state index contributed by atoms with van der Waals surface area (Å²) in [5.74, 6) is 1.42. The van der Waals surface area contributed by atoms with E-state index in [4.69, 9.17) is 25.8 Å². The molecule has 0 spiro atoms. The molecule has 1 rings (SSSR count). The van der Waals surface area contributed by atoms with Crippen LogP contribution < -0.4 is 14.8 Å². The van der Waals surface area contributed by atoms with Gasteiger partial charge in [0, 0.05) is 24.2 Å². The maximum absolute atomic E-state index is 6.32. The summed E-state index contributed by atoms with van der Waals surface area (Å²) in [5, 5.41) is 4.06. The molecular formula is C17H28ClNO3. The summed E-state index contributed by atoms with van der Waals surface area (Å²) in [5.41, 5.74) is 1.01. The summed E-state index contributed by atoms with van der Waals surface area (Å²) in [6.45, 7) is 9.16. The van der Waals surface area contributed by atoms with E-state index in [0.717, 1.165) is 37.3 Å². The van der Waals surface area contributed by atoms with Crippen molar-refractivity contribution >= 4 is 11.6 Å². The molecule has 0 aromatic heterocycles. The Balaban J connectivity index is 2.49. The van der Waals surface area contributed by atoms with E-state index in [1.807, 2.05) is 26.0 Å². The second-order valence-electron chi connectivity index (χ2n) is 5.39. The van der Waals surface area contributed by atoms with Crippen molar-refractivity contribution in [2.24, 2.45) is 0 Å². The molecule has 1 aromatic rings. The molecule has 0 saturated carbocycles. The zero-order chi connectivity index (χ0) is 16.4. The van der Waals surface area contributed by atoms with E-state index in [0.29, 0.717) is 23.9 Å². The fourth-order valence-corrected chi connectivity index (χ4v) is 2.16. The molecule has 0 aliphatic carbocycles. The van der Waals surface area contributed by atoms with Crippen molar-refractivity contribution in [3.63, 3.8) is 0 Å². The highest BCUT2D eigenvalue weighted by Gasteiger charge is 2.10. The highest BCUT2D eigenvalue weighted by Crippen LogP contribution is 2.33. The number of methoxy groups -OCH3 is 1. The molecule has 4 nitrogen and oxygen atoms in total. The van der Waals surface area contributed by atoms with Crippen LogP contribution in [-0.2, 0) is 11.3 Å². The van der Waals surface area contributed by atoms with Gasteiger partial charge in [-0.1, -0.05) is 18.5 Å². The lowest BCUT2D eigenvalue weighted by Crippen LogP contribution is -2.17. The van der Waals surface area contributed by atoms with Gasteiger partial charge in [-0.15, -0.1) is 0 Å². The van der Waals surface area contributed by atoms with Crippen molar-refractivity contribution in [3.8, 4) is 11.5 Å². The van der Waals surface area contributed by atoms with E-state index in [-0.39, 0.29) is 6.10 Å². The van der Waals surface area contributed by atoms with E-state index in [9.17, 15) is 0 Å². The van der Waals surface area contributed by atoms with Gasteiger partial charge in [0.15, 0.2) is 11.5 Å². The molecule has 1 aromatic carbocycles. The summed E-state index contributed by atoms with van der Waals surface area (Å²) < 4.78 is 16.5. The molecular weight excluding hydrogens is 302 g/mol. The van der Waals surface area contributed by atoms with Crippen LogP contribution >= 0.6 is 11.6 Å². The number of rotatable bonds is 11. The van der Waals surface area contributed by atoms with Crippen LogP contribution in [0.2, 0.25) is 5.02 Å². The molecule has 0 heterocycles. The molecule has 0 fully saturated rings. The van der Waals surface area contributed by atoms with Crippen LogP contribution in [0.5, 0.6) is 11.5 Å². The van der Waals surface area contributed by atoms with Crippen molar-refractivity contribution in [2.75, 3.05) is 26.9 Å². The quantitative estimate of drug-likeness (QED) is 0.622. The van der Waals surface area contributed by atoms with Crippen LogP contribution in [-0.4, -0.2) is 33.0 Å². The maximum Gasteiger partial charge on any atom is 0.162 e. The largest absolute Gasteiger partial charge is 0.493 e. The van der Waals surface area contributed by atoms with Gasteiger partial charge in [-0.3, -0.25) is 0 Å². The van der Waals surface area contributed by atoms with E-state index in [1.165, 1.54) is 0 Å². The van der Waals surface area contributed by atoms with Crippen LogP contribution in [0.1, 0.15) is 39.2 Å². The van der Waals surface area contributed by atoms with E-state index in [2.05, 4.69) is 12.2 Å². The Morgan fingerprint density at radius 3 is 2.59 bits per heavy atom. The van der Waals surface area contributed by atoms with Crippen LogP contribution in [0.4, 0.5) is 0 Å².